The van der Waals surface area contributed by atoms with Gasteiger partial charge in [0.25, 0.3) is 0 Å². The monoisotopic (exact) mass is 395 g/mol. The van der Waals surface area contributed by atoms with Gasteiger partial charge in [0.1, 0.15) is 0 Å². The summed E-state index contributed by atoms with van der Waals surface area (Å²) < 4.78 is 40.9. The molecule has 27 heavy (non-hydrogen) atoms. The first-order valence-electron chi connectivity index (χ1n) is 9.39. The number of sulfonamides is 1. The molecule has 1 aliphatic rings. The molecule has 0 unspecified atom stereocenters. The van der Waals surface area contributed by atoms with Crippen LogP contribution in [0, 0.1) is 0 Å². The molecule has 0 spiro atoms. The Morgan fingerprint density at radius 1 is 0.889 bits per heavy atom. The van der Waals surface area contributed by atoms with Crippen LogP contribution in [0.5, 0.6) is 0 Å². The highest BCUT2D eigenvalue weighted by Gasteiger charge is 2.52. The Morgan fingerprint density at radius 3 is 1.78 bits per heavy atom. The third-order valence-corrected chi connectivity index (χ3v) is 6.81. The van der Waals surface area contributed by atoms with E-state index in [1.807, 2.05) is 54.5 Å². The normalized spacial score (nSPS) is 20.1. The predicted octanol–water partition coefficient (Wildman–Crippen LogP) is 3.36. The summed E-state index contributed by atoms with van der Waals surface area (Å²) in [5.41, 5.74) is -0.123. The van der Waals surface area contributed by atoms with Crippen molar-refractivity contribution >= 4 is 22.6 Å². The van der Waals surface area contributed by atoms with E-state index in [-0.39, 0.29) is 10.3 Å². The van der Waals surface area contributed by atoms with Crippen LogP contribution in [-0.2, 0) is 24.7 Å². The van der Waals surface area contributed by atoms with Gasteiger partial charge in [0, 0.05) is 5.54 Å². The zero-order chi connectivity index (χ0) is 21.1. The number of hydrogen-bond acceptors (Lipinski definition) is 4. The fraction of sp³-hybridized carbons (Fsp3) is 0.700. The minimum Gasteiger partial charge on any atom is -0.399 e. The lowest BCUT2D eigenvalue weighted by molar-refractivity contribution is 0.00578. The van der Waals surface area contributed by atoms with Gasteiger partial charge in [-0.05, 0) is 77.0 Å². The Kier molecular flexibility index (Phi) is 5.46. The highest BCUT2D eigenvalue weighted by atomic mass is 32.2. The molecular formula is C20H34BNO4S. The molecule has 1 N–H and O–H groups in total. The van der Waals surface area contributed by atoms with Gasteiger partial charge >= 0.3 is 7.12 Å². The van der Waals surface area contributed by atoms with E-state index in [4.69, 9.17) is 9.31 Å². The van der Waals surface area contributed by atoms with Gasteiger partial charge in [-0.15, -0.1) is 0 Å². The first kappa shape index (κ1) is 22.4. The molecule has 0 radical (unpaired) electrons. The van der Waals surface area contributed by atoms with E-state index in [1.165, 1.54) is 0 Å². The summed E-state index contributed by atoms with van der Waals surface area (Å²) in [6.45, 7) is 19.6. The quantitative estimate of drug-likeness (QED) is 0.798. The second kappa shape index (κ2) is 6.58. The summed E-state index contributed by atoms with van der Waals surface area (Å²) in [6.07, 6.45) is 0. The molecule has 1 aromatic carbocycles. The molecule has 2 rings (SSSR count). The van der Waals surface area contributed by atoms with Gasteiger partial charge in [0.15, 0.2) is 0 Å². The van der Waals surface area contributed by atoms with Crippen LogP contribution in [-0.4, -0.2) is 32.3 Å². The second-order valence-electron chi connectivity index (χ2n) is 10.5. The van der Waals surface area contributed by atoms with Crippen molar-refractivity contribution in [1.82, 2.24) is 4.72 Å². The van der Waals surface area contributed by atoms with Crippen molar-refractivity contribution in [1.29, 1.82) is 0 Å². The molecule has 1 fully saturated rings. The Morgan fingerprint density at radius 2 is 1.37 bits per heavy atom. The number of nitrogens with one attached hydrogen (secondary N) is 1. The average Bonchev–Trinajstić information content (AvgIpc) is 2.63. The van der Waals surface area contributed by atoms with Gasteiger partial charge in [-0.3, -0.25) is 0 Å². The first-order valence-corrected chi connectivity index (χ1v) is 10.9. The fourth-order valence-electron chi connectivity index (χ4n) is 2.79. The largest absolute Gasteiger partial charge is 0.494 e. The van der Waals surface area contributed by atoms with Crippen LogP contribution in [0.15, 0.2) is 23.1 Å². The molecule has 0 saturated carbocycles. The summed E-state index contributed by atoms with van der Waals surface area (Å²) in [4.78, 5) is 0.231. The van der Waals surface area contributed by atoms with Crippen LogP contribution >= 0.6 is 0 Å². The zero-order valence-electron chi connectivity index (χ0n) is 18.4. The lowest BCUT2D eigenvalue weighted by Crippen LogP contribution is -2.41. The lowest BCUT2D eigenvalue weighted by atomic mass is 9.75. The van der Waals surface area contributed by atoms with Crippen molar-refractivity contribution in [3.63, 3.8) is 0 Å². The number of benzene rings is 1. The van der Waals surface area contributed by atoms with Crippen molar-refractivity contribution in [2.24, 2.45) is 0 Å². The van der Waals surface area contributed by atoms with Crippen LogP contribution in [0.4, 0.5) is 0 Å². The average molecular weight is 395 g/mol. The predicted molar refractivity (Wildman–Crippen MR) is 111 cm³/mol. The van der Waals surface area contributed by atoms with Crippen LogP contribution in [0.25, 0.3) is 0 Å². The van der Waals surface area contributed by atoms with Crippen molar-refractivity contribution < 1.29 is 17.7 Å². The van der Waals surface area contributed by atoms with E-state index in [2.05, 4.69) is 25.5 Å². The summed E-state index contributed by atoms with van der Waals surface area (Å²) in [6, 6.07) is 5.38. The van der Waals surface area contributed by atoms with Crippen LogP contribution < -0.4 is 10.2 Å². The maximum Gasteiger partial charge on any atom is 0.494 e. The smallest absolute Gasteiger partial charge is 0.399 e. The van der Waals surface area contributed by atoms with E-state index in [9.17, 15) is 8.42 Å². The van der Waals surface area contributed by atoms with Gasteiger partial charge < -0.3 is 9.31 Å². The summed E-state index contributed by atoms with van der Waals surface area (Å²) in [5.74, 6) is 0. The molecule has 0 atom stereocenters. The van der Waals surface area contributed by atoms with E-state index in [1.54, 1.807) is 12.1 Å². The molecule has 0 aromatic heterocycles. The molecule has 1 heterocycles. The van der Waals surface area contributed by atoms with E-state index < -0.39 is 33.9 Å². The molecule has 1 saturated heterocycles. The minimum atomic E-state index is -3.67. The maximum absolute atomic E-state index is 13.0. The van der Waals surface area contributed by atoms with Crippen molar-refractivity contribution in [2.75, 3.05) is 0 Å². The summed E-state index contributed by atoms with van der Waals surface area (Å²) in [7, 11) is -4.28. The molecular weight excluding hydrogens is 361 g/mol. The summed E-state index contributed by atoms with van der Waals surface area (Å²) >= 11 is 0. The van der Waals surface area contributed by atoms with Crippen LogP contribution in [0.2, 0.25) is 0 Å². The highest BCUT2D eigenvalue weighted by molar-refractivity contribution is 7.89. The molecule has 5 nitrogen and oxygen atoms in total. The molecule has 1 aliphatic heterocycles. The maximum atomic E-state index is 13.0. The van der Waals surface area contributed by atoms with Gasteiger partial charge in [-0.25, -0.2) is 13.1 Å². The van der Waals surface area contributed by atoms with Gasteiger partial charge in [-0.2, -0.15) is 0 Å². The van der Waals surface area contributed by atoms with Gasteiger partial charge in [-0.1, -0.05) is 26.8 Å². The van der Waals surface area contributed by atoms with Crippen LogP contribution in [0.1, 0.15) is 74.8 Å². The van der Waals surface area contributed by atoms with Crippen molar-refractivity contribution in [2.45, 2.75) is 96.3 Å². The molecule has 0 aliphatic carbocycles. The topological polar surface area (TPSA) is 64.6 Å². The molecule has 0 amide bonds. The number of hydrogen-bond donors (Lipinski definition) is 1. The zero-order valence-corrected chi connectivity index (χ0v) is 19.2. The third-order valence-electron chi connectivity index (χ3n) is 5.07. The lowest BCUT2D eigenvalue weighted by Gasteiger charge is -2.32. The van der Waals surface area contributed by atoms with E-state index in [0.29, 0.717) is 0 Å². The fourth-order valence-corrected chi connectivity index (χ4v) is 4.28. The molecule has 7 heteroatoms. The molecule has 152 valence electrons. The second-order valence-corrected chi connectivity index (χ2v) is 12.2. The Bertz CT molecular complexity index is 801. The molecule has 0 bridgehead atoms. The molecule has 1 aromatic rings. The van der Waals surface area contributed by atoms with E-state index in [0.717, 1.165) is 11.0 Å². The van der Waals surface area contributed by atoms with Crippen molar-refractivity contribution in [3.05, 3.63) is 23.8 Å². The minimum absolute atomic E-state index is 0.217. The van der Waals surface area contributed by atoms with Gasteiger partial charge in [0.2, 0.25) is 10.0 Å². The van der Waals surface area contributed by atoms with E-state index >= 15 is 0 Å². The van der Waals surface area contributed by atoms with Gasteiger partial charge in [0.05, 0.1) is 16.1 Å². The summed E-state index contributed by atoms with van der Waals surface area (Å²) in [5, 5.41) is 0. The van der Waals surface area contributed by atoms with Crippen molar-refractivity contribution in [3.8, 4) is 0 Å². The van der Waals surface area contributed by atoms with Crippen LogP contribution in [0.3, 0.4) is 0 Å². The number of rotatable bonds is 3. The third kappa shape index (κ3) is 4.94. The Balaban J connectivity index is 2.58. The Labute approximate surface area is 165 Å². The Hall–Kier alpha value is -0.885. The first-order chi connectivity index (χ1) is 11.8. The standard InChI is InChI=1S/C20H34BNO4S/c1-17(2,3)14-11-15(21-25-19(7,8)20(9,10)26-21)13-16(12-14)27(23,24)22-18(4,5)6/h11-13,22H,1-10H3. The highest BCUT2D eigenvalue weighted by Crippen LogP contribution is 2.37. The SMILES string of the molecule is CC(C)(C)NS(=O)(=O)c1cc(B2OC(C)(C)C(C)(C)O2)cc(C(C)(C)C)c1.